The van der Waals surface area contributed by atoms with Crippen LogP contribution in [0, 0.1) is 0 Å². The summed E-state index contributed by atoms with van der Waals surface area (Å²) in [6, 6.07) is 36.5. The number of H-pyrrole nitrogens is 1. The molecule has 0 atom stereocenters. The van der Waals surface area contributed by atoms with Crippen LogP contribution in [-0.4, -0.2) is 10.2 Å². The van der Waals surface area contributed by atoms with E-state index in [9.17, 15) is 0 Å². The van der Waals surface area contributed by atoms with Crippen molar-refractivity contribution in [2.45, 2.75) is 6.61 Å². The van der Waals surface area contributed by atoms with Gasteiger partial charge in [0.2, 0.25) is 0 Å². The fourth-order valence-corrected chi connectivity index (χ4v) is 3.71. The molecule has 0 bridgehead atoms. The van der Waals surface area contributed by atoms with E-state index in [1.165, 1.54) is 0 Å². The summed E-state index contributed by atoms with van der Waals surface area (Å²) in [5.41, 5.74) is 7.37. The lowest BCUT2D eigenvalue weighted by Crippen LogP contribution is -1.95. The molecule has 0 saturated heterocycles. The van der Waals surface area contributed by atoms with Crippen molar-refractivity contribution in [1.82, 2.24) is 10.2 Å². The zero-order chi connectivity index (χ0) is 21.8. The first-order valence-electron chi connectivity index (χ1n) is 10.4. The van der Waals surface area contributed by atoms with Gasteiger partial charge >= 0.3 is 0 Å². The third kappa shape index (κ3) is 4.58. The van der Waals surface area contributed by atoms with Crippen molar-refractivity contribution in [3.8, 4) is 39.4 Å². The third-order valence-corrected chi connectivity index (χ3v) is 5.58. The second-order valence-electron chi connectivity index (χ2n) is 7.55. The number of halogens is 1. The number of nitrogens with one attached hydrogen (secondary N) is 1. The van der Waals surface area contributed by atoms with Gasteiger partial charge in [0.1, 0.15) is 12.4 Å². The van der Waals surface area contributed by atoms with Gasteiger partial charge in [-0.1, -0.05) is 90.5 Å². The lowest BCUT2D eigenvalue weighted by molar-refractivity contribution is 0.306. The second kappa shape index (κ2) is 9.13. The molecule has 1 heterocycles. The van der Waals surface area contributed by atoms with Crippen LogP contribution in [0.25, 0.3) is 33.6 Å². The molecule has 5 aromatic rings. The summed E-state index contributed by atoms with van der Waals surface area (Å²) in [5.74, 6) is 0.822. The molecule has 0 amide bonds. The fourth-order valence-electron chi connectivity index (χ4n) is 3.59. The highest BCUT2D eigenvalue weighted by molar-refractivity contribution is 6.30. The van der Waals surface area contributed by atoms with E-state index in [1.54, 1.807) is 0 Å². The highest BCUT2D eigenvalue weighted by atomic mass is 35.5. The van der Waals surface area contributed by atoms with Crippen molar-refractivity contribution in [3.63, 3.8) is 0 Å². The van der Waals surface area contributed by atoms with Crippen molar-refractivity contribution < 1.29 is 4.74 Å². The molecule has 0 radical (unpaired) electrons. The van der Waals surface area contributed by atoms with Crippen molar-refractivity contribution >= 4 is 11.6 Å². The third-order valence-electron chi connectivity index (χ3n) is 5.33. The first kappa shape index (κ1) is 20.1. The Balaban J connectivity index is 1.32. The van der Waals surface area contributed by atoms with Crippen LogP contribution < -0.4 is 4.74 Å². The van der Waals surface area contributed by atoms with Gasteiger partial charge in [-0.2, -0.15) is 5.10 Å². The summed E-state index contributed by atoms with van der Waals surface area (Å²) >= 11 is 5.99. The molecule has 0 spiro atoms. The average Bonchev–Trinajstić information content (AvgIpc) is 3.35. The first-order valence-corrected chi connectivity index (χ1v) is 10.8. The van der Waals surface area contributed by atoms with E-state index in [0.29, 0.717) is 6.61 Å². The highest BCUT2D eigenvalue weighted by Crippen LogP contribution is 2.29. The Bertz CT molecular complexity index is 1310. The fraction of sp³-hybridized carbons (Fsp3) is 0.0357. The van der Waals surface area contributed by atoms with Gasteiger partial charge in [0.25, 0.3) is 0 Å². The van der Waals surface area contributed by atoms with Crippen LogP contribution in [0.4, 0.5) is 0 Å². The van der Waals surface area contributed by atoms with E-state index in [-0.39, 0.29) is 0 Å². The van der Waals surface area contributed by atoms with Crippen LogP contribution in [0.15, 0.2) is 109 Å². The van der Waals surface area contributed by atoms with Crippen LogP contribution in [0.1, 0.15) is 5.56 Å². The molecule has 1 N–H and O–H groups in total. The largest absolute Gasteiger partial charge is 0.489 e. The maximum atomic E-state index is 5.99. The molecule has 0 aliphatic carbocycles. The SMILES string of the molecule is Clc1ccc(-c2ccc(-c3cc(-c4cccc(OCc5ccccc5)c4)n[nH]3)cc2)cc1. The topological polar surface area (TPSA) is 37.9 Å². The Morgan fingerprint density at radius 2 is 1.34 bits per heavy atom. The molecular formula is C28H21ClN2O. The zero-order valence-electron chi connectivity index (χ0n) is 17.3. The van der Waals surface area contributed by atoms with E-state index in [1.807, 2.05) is 66.7 Å². The Morgan fingerprint density at radius 1 is 0.656 bits per heavy atom. The monoisotopic (exact) mass is 436 g/mol. The number of nitrogens with zero attached hydrogens (tertiary/aromatic N) is 1. The minimum Gasteiger partial charge on any atom is -0.489 e. The molecule has 156 valence electrons. The number of hydrogen-bond acceptors (Lipinski definition) is 2. The van der Waals surface area contributed by atoms with Crippen molar-refractivity contribution in [1.29, 1.82) is 0 Å². The van der Waals surface area contributed by atoms with Crippen LogP contribution >= 0.6 is 11.6 Å². The first-order chi connectivity index (χ1) is 15.7. The summed E-state index contributed by atoms with van der Waals surface area (Å²) in [5, 5.41) is 8.41. The Morgan fingerprint density at radius 3 is 2.09 bits per heavy atom. The van der Waals surface area contributed by atoms with Crippen molar-refractivity contribution in [3.05, 3.63) is 120 Å². The summed E-state index contributed by atoms with van der Waals surface area (Å²) < 4.78 is 5.96. The predicted molar refractivity (Wildman–Crippen MR) is 131 cm³/mol. The average molecular weight is 437 g/mol. The van der Waals surface area contributed by atoms with E-state index in [4.69, 9.17) is 16.3 Å². The van der Waals surface area contributed by atoms with Crippen molar-refractivity contribution in [2.75, 3.05) is 0 Å². The molecule has 0 unspecified atom stereocenters. The molecule has 4 heteroatoms. The van der Waals surface area contributed by atoms with Gasteiger partial charge in [0, 0.05) is 10.6 Å². The van der Waals surface area contributed by atoms with Gasteiger partial charge in [0.15, 0.2) is 0 Å². The molecule has 4 aromatic carbocycles. The maximum absolute atomic E-state index is 5.99. The summed E-state index contributed by atoms with van der Waals surface area (Å²) in [4.78, 5) is 0. The summed E-state index contributed by atoms with van der Waals surface area (Å²) in [6.07, 6.45) is 0. The highest BCUT2D eigenvalue weighted by Gasteiger charge is 2.08. The van der Waals surface area contributed by atoms with E-state index in [2.05, 4.69) is 52.7 Å². The van der Waals surface area contributed by atoms with Gasteiger partial charge in [-0.3, -0.25) is 5.10 Å². The molecule has 0 saturated carbocycles. The maximum Gasteiger partial charge on any atom is 0.120 e. The molecule has 5 rings (SSSR count). The number of rotatable bonds is 6. The Labute approximate surface area is 192 Å². The smallest absolute Gasteiger partial charge is 0.120 e. The quantitative estimate of drug-likeness (QED) is 0.297. The summed E-state index contributed by atoms with van der Waals surface area (Å²) in [6.45, 7) is 0.538. The number of ether oxygens (including phenoxy) is 1. The molecule has 0 aliphatic heterocycles. The van der Waals surface area contributed by atoms with Gasteiger partial charge < -0.3 is 4.74 Å². The normalized spacial score (nSPS) is 10.8. The molecule has 0 aliphatic rings. The van der Waals surface area contributed by atoms with Gasteiger partial charge in [-0.15, -0.1) is 0 Å². The second-order valence-corrected chi connectivity index (χ2v) is 7.99. The van der Waals surface area contributed by atoms with Crippen LogP contribution in [0.2, 0.25) is 5.02 Å². The Hall–Kier alpha value is -3.82. The number of aromatic amines is 1. The zero-order valence-corrected chi connectivity index (χ0v) is 18.1. The Kier molecular flexibility index (Phi) is 5.73. The standard InChI is InChI=1S/C28H21ClN2O/c29-25-15-13-22(14-16-25)21-9-11-23(12-10-21)27-18-28(31-30-27)24-7-4-8-26(17-24)32-19-20-5-2-1-3-6-20/h1-18H,19H2,(H,30,31). The molecular weight excluding hydrogens is 416 g/mol. The van der Waals surface area contributed by atoms with E-state index < -0.39 is 0 Å². The number of benzene rings is 4. The number of aromatic nitrogens is 2. The number of hydrogen-bond donors (Lipinski definition) is 1. The van der Waals surface area contributed by atoms with Crippen LogP contribution in [0.5, 0.6) is 5.75 Å². The van der Waals surface area contributed by atoms with E-state index >= 15 is 0 Å². The molecule has 1 aromatic heterocycles. The van der Waals surface area contributed by atoms with Gasteiger partial charge in [-0.05, 0) is 52.6 Å². The van der Waals surface area contributed by atoms with Gasteiger partial charge in [-0.25, -0.2) is 0 Å². The molecule has 3 nitrogen and oxygen atoms in total. The van der Waals surface area contributed by atoms with Crippen LogP contribution in [0.3, 0.4) is 0 Å². The lowest BCUT2D eigenvalue weighted by Gasteiger charge is -2.07. The molecule has 0 fully saturated rings. The minimum absolute atomic E-state index is 0.538. The molecule has 32 heavy (non-hydrogen) atoms. The summed E-state index contributed by atoms with van der Waals surface area (Å²) in [7, 11) is 0. The van der Waals surface area contributed by atoms with Crippen molar-refractivity contribution in [2.24, 2.45) is 0 Å². The predicted octanol–water partition coefficient (Wildman–Crippen LogP) is 7.64. The van der Waals surface area contributed by atoms with E-state index in [0.717, 1.165) is 50.0 Å². The van der Waals surface area contributed by atoms with Crippen LogP contribution in [-0.2, 0) is 6.61 Å². The lowest BCUT2D eigenvalue weighted by atomic mass is 10.0. The van der Waals surface area contributed by atoms with Gasteiger partial charge in [0.05, 0.1) is 11.4 Å². The minimum atomic E-state index is 0.538.